The van der Waals surface area contributed by atoms with Gasteiger partial charge in [0.2, 0.25) is 5.91 Å². The lowest BCUT2D eigenvalue weighted by atomic mass is 10.2. The Hall–Kier alpha value is -3.07. The number of nitrogens with one attached hydrogen (secondary N) is 1. The summed E-state index contributed by atoms with van der Waals surface area (Å²) in [6, 6.07) is 8.27. The van der Waals surface area contributed by atoms with Gasteiger partial charge in [-0.2, -0.15) is 5.10 Å². The molecule has 1 aromatic carbocycles. The van der Waals surface area contributed by atoms with Crippen LogP contribution in [0.25, 0.3) is 0 Å². The van der Waals surface area contributed by atoms with Crippen LogP contribution in [-0.2, 0) is 16.1 Å². The van der Waals surface area contributed by atoms with Crippen molar-refractivity contribution in [3.63, 3.8) is 0 Å². The van der Waals surface area contributed by atoms with Gasteiger partial charge in [0.15, 0.2) is 11.5 Å². The van der Waals surface area contributed by atoms with E-state index in [-0.39, 0.29) is 18.0 Å². The number of fused-ring (bicyclic) bond motifs is 1. The van der Waals surface area contributed by atoms with Gasteiger partial charge in [0.1, 0.15) is 25.6 Å². The molecule has 4 rings (SSSR count). The summed E-state index contributed by atoms with van der Waals surface area (Å²) in [6.45, 7) is 3.44. The fraction of sp³-hybridized carbons (Fsp3) is 0.389. The van der Waals surface area contributed by atoms with Crippen molar-refractivity contribution in [2.24, 2.45) is 0 Å². The van der Waals surface area contributed by atoms with E-state index in [1.807, 2.05) is 4.90 Å². The van der Waals surface area contributed by atoms with Crippen LogP contribution in [0.1, 0.15) is 0 Å². The summed E-state index contributed by atoms with van der Waals surface area (Å²) < 4.78 is 17.5. The van der Waals surface area contributed by atoms with Crippen LogP contribution in [0, 0.1) is 0 Å². The summed E-state index contributed by atoms with van der Waals surface area (Å²) in [7, 11) is 0. The van der Waals surface area contributed by atoms with Gasteiger partial charge in [0.25, 0.3) is 5.56 Å². The van der Waals surface area contributed by atoms with Crippen LogP contribution in [0.3, 0.4) is 0 Å². The Kier molecular flexibility index (Phi) is 4.93. The largest absolute Gasteiger partial charge is 0.486 e. The molecule has 1 saturated heterocycles. The number of hydrogen-bond donors (Lipinski definition) is 1. The summed E-state index contributed by atoms with van der Waals surface area (Å²) >= 11 is 0. The fourth-order valence-corrected chi connectivity index (χ4v) is 2.97. The smallest absolute Gasteiger partial charge is 0.267 e. The number of morpholine rings is 1. The standard InChI is InChI=1S/C18H20N4O5/c23-17(19-13-1-2-14-15(11-13)27-10-9-26-14)12-22-18(24)4-3-16(20-22)21-5-7-25-8-6-21/h1-4,11H,5-10,12H2,(H,19,23). The first-order valence-corrected chi connectivity index (χ1v) is 8.79. The van der Waals surface area contributed by atoms with Crippen molar-refractivity contribution in [1.29, 1.82) is 0 Å². The van der Waals surface area contributed by atoms with Crippen LogP contribution in [0.2, 0.25) is 0 Å². The molecule has 2 aliphatic heterocycles. The van der Waals surface area contributed by atoms with E-state index in [1.165, 1.54) is 6.07 Å². The Morgan fingerprint density at radius 2 is 1.81 bits per heavy atom. The van der Waals surface area contributed by atoms with Crippen LogP contribution in [0.5, 0.6) is 11.5 Å². The van der Waals surface area contributed by atoms with Crippen molar-refractivity contribution < 1.29 is 19.0 Å². The minimum Gasteiger partial charge on any atom is -0.486 e. The van der Waals surface area contributed by atoms with E-state index >= 15 is 0 Å². The number of rotatable bonds is 4. The molecule has 1 aromatic heterocycles. The first-order chi connectivity index (χ1) is 13.2. The zero-order valence-electron chi connectivity index (χ0n) is 14.7. The summed E-state index contributed by atoms with van der Waals surface area (Å²) in [5.41, 5.74) is 0.242. The van der Waals surface area contributed by atoms with Gasteiger partial charge in [0.05, 0.1) is 13.2 Å². The van der Waals surface area contributed by atoms with Crippen LogP contribution in [-0.4, -0.2) is 55.2 Å². The Morgan fingerprint density at radius 1 is 1.04 bits per heavy atom. The Bertz CT molecular complexity index is 892. The zero-order valence-corrected chi connectivity index (χ0v) is 14.7. The van der Waals surface area contributed by atoms with Crippen molar-refractivity contribution in [1.82, 2.24) is 9.78 Å². The van der Waals surface area contributed by atoms with Crippen LogP contribution in [0.4, 0.5) is 11.5 Å². The Morgan fingerprint density at radius 3 is 2.63 bits per heavy atom. The molecule has 27 heavy (non-hydrogen) atoms. The highest BCUT2D eigenvalue weighted by Crippen LogP contribution is 2.32. The van der Waals surface area contributed by atoms with Gasteiger partial charge in [-0.3, -0.25) is 9.59 Å². The van der Waals surface area contributed by atoms with Gasteiger partial charge in [-0.05, 0) is 18.2 Å². The van der Waals surface area contributed by atoms with Gasteiger partial charge in [-0.25, -0.2) is 4.68 Å². The van der Waals surface area contributed by atoms with Crippen LogP contribution >= 0.6 is 0 Å². The first kappa shape index (κ1) is 17.3. The maximum absolute atomic E-state index is 12.4. The molecule has 0 bridgehead atoms. The monoisotopic (exact) mass is 372 g/mol. The molecular formula is C18H20N4O5. The molecule has 2 aromatic rings. The predicted molar refractivity (Wildman–Crippen MR) is 97.6 cm³/mol. The molecule has 0 aliphatic carbocycles. The van der Waals surface area contributed by atoms with E-state index in [0.717, 1.165) is 4.68 Å². The SMILES string of the molecule is O=C(Cn1nc(N2CCOCC2)ccc1=O)Nc1ccc2c(c1)OCCO2. The maximum atomic E-state index is 12.4. The third-order valence-electron chi connectivity index (χ3n) is 4.31. The third-order valence-corrected chi connectivity index (χ3v) is 4.31. The van der Waals surface area contributed by atoms with Crippen LogP contribution < -0.4 is 25.2 Å². The molecule has 2 aliphatic rings. The zero-order chi connectivity index (χ0) is 18.6. The number of carbonyl (C=O) groups is 1. The van der Waals surface area contributed by atoms with Gasteiger partial charge in [-0.15, -0.1) is 0 Å². The van der Waals surface area contributed by atoms with E-state index in [1.54, 1.807) is 24.3 Å². The van der Waals surface area contributed by atoms with E-state index in [2.05, 4.69) is 10.4 Å². The highest BCUT2D eigenvalue weighted by Gasteiger charge is 2.16. The lowest BCUT2D eigenvalue weighted by molar-refractivity contribution is -0.117. The molecule has 0 atom stereocenters. The minimum atomic E-state index is -0.347. The van der Waals surface area contributed by atoms with E-state index in [9.17, 15) is 9.59 Å². The van der Waals surface area contributed by atoms with Crippen LogP contribution in [0.15, 0.2) is 35.1 Å². The number of benzene rings is 1. The minimum absolute atomic E-state index is 0.175. The molecule has 3 heterocycles. The van der Waals surface area contributed by atoms with Gasteiger partial charge in [0, 0.05) is 30.9 Å². The summed E-state index contributed by atoms with van der Waals surface area (Å²) in [5, 5.41) is 7.08. The predicted octanol–water partition coefficient (Wildman–Crippen LogP) is 0.490. The number of hydrogen-bond acceptors (Lipinski definition) is 7. The Labute approximate surface area is 155 Å². The Balaban J connectivity index is 1.45. The molecular weight excluding hydrogens is 352 g/mol. The van der Waals surface area contributed by atoms with E-state index < -0.39 is 0 Å². The normalized spacial score (nSPS) is 16.1. The molecule has 0 radical (unpaired) electrons. The molecule has 1 fully saturated rings. The molecule has 1 amide bonds. The molecule has 142 valence electrons. The highest BCUT2D eigenvalue weighted by molar-refractivity contribution is 5.90. The van der Waals surface area contributed by atoms with Crippen molar-refractivity contribution in [2.75, 3.05) is 49.7 Å². The topological polar surface area (TPSA) is 94.9 Å². The second-order valence-electron chi connectivity index (χ2n) is 6.19. The highest BCUT2D eigenvalue weighted by atomic mass is 16.6. The average Bonchev–Trinajstić information content (AvgIpc) is 2.70. The van der Waals surface area contributed by atoms with Gasteiger partial charge < -0.3 is 24.4 Å². The van der Waals surface area contributed by atoms with Crippen molar-refractivity contribution in [2.45, 2.75) is 6.54 Å². The number of anilines is 2. The van der Waals surface area contributed by atoms with Gasteiger partial charge >= 0.3 is 0 Å². The second kappa shape index (κ2) is 7.67. The number of aromatic nitrogens is 2. The van der Waals surface area contributed by atoms with Crippen molar-refractivity contribution in [3.8, 4) is 11.5 Å². The summed E-state index contributed by atoms with van der Waals surface area (Å²) in [6.07, 6.45) is 0. The average molecular weight is 372 g/mol. The maximum Gasteiger partial charge on any atom is 0.267 e. The quantitative estimate of drug-likeness (QED) is 0.835. The van der Waals surface area contributed by atoms with E-state index in [4.69, 9.17) is 14.2 Å². The third kappa shape index (κ3) is 4.03. The van der Waals surface area contributed by atoms with Gasteiger partial charge in [-0.1, -0.05) is 0 Å². The molecule has 9 nitrogen and oxygen atoms in total. The number of ether oxygens (including phenoxy) is 3. The summed E-state index contributed by atoms with van der Waals surface area (Å²) in [4.78, 5) is 26.5. The second-order valence-corrected chi connectivity index (χ2v) is 6.19. The number of amides is 1. The molecule has 0 unspecified atom stereocenters. The molecule has 0 spiro atoms. The number of carbonyl (C=O) groups excluding carboxylic acids is 1. The molecule has 9 heteroatoms. The van der Waals surface area contributed by atoms with E-state index in [0.29, 0.717) is 62.5 Å². The first-order valence-electron chi connectivity index (χ1n) is 8.79. The number of nitrogens with zero attached hydrogens (tertiary/aromatic N) is 3. The summed E-state index contributed by atoms with van der Waals surface area (Å²) in [5.74, 6) is 1.55. The van der Waals surface area contributed by atoms with Crippen molar-refractivity contribution in [3.05, 3.63) is 40.7 Å². The molecule has 1 N–H and O–H groups in total. The molecule has 0 saturated carbocycles. The lowest BCUT2D eigenvalue weighted by Crippen LogP contribution is -2.38. The lowest BCUT2D eigenvalue weighted by Gasteiger charge is -2.27. The fourth-order valence-electron chi connectivity index (χ4n) is 2.97. The van der Waals surface area contributed by atoms with Crippen molar-refractivity contribution >= 4 is 17.4 Å².